The fourth-order valence-electron chi connectivity index (χ4n) is 3.78. The summed E-state index contributed by atoms with van der Waals surface area (Å²) in [5, 5.41) is 2.86. The molecule has 1 aliphatic heterocycles. The lowest BCUT2D eigenvalue weighted by Crippen LogP contribution is -2.35. The number of aryl methyl sites for hydroxylation is 1. The molecule has 7 heteroatoms. The fourth-order valence-corrected chi connectivity index (χ4v) is 3.78. The Morgan fingerprint density at radius 1 is 1.13 bits per heavy atom. The maximum Gasteiger partial charge on any atom is 0.419 e. The molecule has 1 N–H and O–H groups in total. The molecule has 0 aliphatic carbocycles. The van der Waals surface area contributed by atoms with Crippen LogP contribution in [0.15, 0.2) is 63.9 Å². The van der Waals surface area contributed by atoms with Crippen molar-refractivity contribution in [2.24, 2.45) is 0 Å². The van der Waals surface area contributed by atoms with Crippen LogP contribution in [0.3, 0.4) is 0 Å². The van der Waals surface area contributed by atoms with Gasteiger partial charge < -0.3 is 14.6 Å². The van der Waals surface area contributed by atoms with Gasteiger partial charge in [0.25, 0.3) is 0 Å². The quantitative estimate of drug-likeness (QED) is 0.609. The molecule has 0 spiro atoms. The van der Waals surface area contributed by atoms with Crippen LogP contribution in [0.25, 0.3) is 11.3 Å². The Bertz CT molecular complexity index is 1070. The fraction of sp³-hybridized carbons (Fsp3) is 0.304. The Morgan fingerprint density at radius 3 is 2.77 bits per heavy atom. The molecule has 0 fully saturated rings. The van der Waals surface area contributed by atoms with Crippen LogP contribution in [0.5, 0.6) is 0 Å². The highest BCUT2D eigenvalue weighted by molar-refractivity contribution is 5.75. The first-order valence-electron chi connectivity index (χ1n) is 10.2. The zero-order valence-electron chi connectivity index (χ0n) is 16.6. The van der Waals surface area contributed by atoms with Gasteiger partial charge in [-0.1, -0.05) is 18.2 Å². The predicted molar refractivity (Wildman–Crippen MR) is 113 cm³/mol. The minimum absolute atomic E-state index is 0.115. The van der Waals surface area contributed by atoms with Crippen molar-refractivity contribution in [2.75, 3.05) is 24.5 Å². The van der Waals surface area contributed by atoms with Crippen molar-refractivity contribution in [2.45, 2.75) is 25.8 Å². The summed E-state index contributed by atoms with van der Waals surface area (Å²) in [6, 6.07) is 14.1. The van der Waals surface area contributed by atoms with Gasteiger partial charge in [-0.3, -0.25) is 9.36 Å². The molecule has 1 aliphatic rings. The number of oxazole rings is 1. The number of aromatic nitrogens is 1. The van der Waals surface area contributed by atoms with Crippen molar-refractivity contribution in [3.63, 3.8) is 0 Å². The monoisotopic (exact) mass is 409 g/mol. The van der Waals surface area contributed by atoms with E-state index >= 15 is 0 Å². The van der Waals surface area contributed by atoms with Crippen LogP contribution in [-0.2, 0) is 17.8 Å². The number of carbonyl (C=O) groups excluding carboxylic acids is 1. The minimum Gasteiger partial charge on any atom is -0.408 e. The smallest absolute Gasteiger partial charge is 0.408 e. The number of amides is 1. The molecular weight excluding hydrogens is 385 g/mol. The number of anilines is 1. The summed E-state index contributed by atoms with van der Waals surface area (Å²) in [5.41, 5.74) is 3.24. The SMILES string of the molecule is O=C(Cn1cc(-c2ccc(F)cc2)oc1=O)NCCCN1CCCc2ccccc21. The van der Waals surface area contributed by atoms with Crippen molar-refractivity contribution in [3.05, 3.63) is 76.7 Å². The van der Waals surface area contributed by atoms with Crippen LogP contribution in [0.4, 0.5) is 10.1 Å². The van der Waals surface area contributed by atoms with Crippen LogP contribution in [0.1, 0.15) is 18.4 Å². The predicted octanol–water partition coefficient (Wildman–Crippen LogP) is 3.21. The molecule has 6 nitrogen and oxygen atoms in total. The average Bonchev–Trinajstić information content (AvgIpc) is 3.12. The molecule has 30 heavy (non-hydrogen) atoms. The highest BCUT2D eigenvalue weighted by Gasteiger charge is 2.16. The number of hydrogen-bond donors (Lipinski definition) is 1. The highest BCUT2D eigenvalue weighted by atomic mass is 19.1. The Labute approximate surface area is 173 Å². The second kappa shape index (κ2) is 8.98. The van der Waals surface area contributed by atoms with Gasteiger partial charge in [0.2, 0.25) is 5.91 Å². The maximum atomic E-state index is 13.0. The number of fused-ring (bicyclic) bond motifs is 1. The first kappa shape index (κ1) is 19.9. The Kier molecular flexibility index (Phi) is 5.97. The third-order valence-electron chi connectivity index (χ3n) is 5.28. The van der Waals surface area contributed by atoms with Crippen molar-refractivity contribution in [1.82, 2.24) is 9.88 Å². The van der Waals surface area contributed by atoms with E-state index in [0.29, 0.717) is 17.9 Å². The second-order valence-electron chi connectivity index (χ2n) is 7.42. The molecule has 156 valence electrons. The Morgan fingerprint density at radius 2 is 1.93 bits per heavy atom. The van der Waals surface area contributed by atoms with Gasteiger partial charge in [-0.25, -0.2) is 9.18 Å². The van der Waals surface area contributed by atoms with Gasteiger partial charge in [0.05, 0.1) is 6.20 Å². The summed E-state index contributed by atoms with van der Waals surface area (Å²) in [5.74, 6) is -0.929. The number of rotatable bonds is 7. The summed E-state index contributed by atoms with van der Waals surface area (Å²) < 4.78 is 19.4. The van der Waals surface area contributed by atoms with E-state index in [1.807, 2.05) is 0 Å². The molecule has 2 heterocycles. The van der Waals surface area contributed by atoms with E-state index in [-0.39, 0.29) is 18.3 Å². The van der Waals surface area contributed by atoms with Crippen LogP contribution in [-0.4, -0.2) is 30.1 Å². The first-order valence-corrected chi connectivity index (χ1v) is 10.2. The summed E-state index contributed by atoms with van der Waals surface area (Å²) in [6.45, 7) is 2.32. The van der Waals surface area contributed by atoms with E-state index in [2.05, 4.69) is 34.5 Å². The molecule has 1 aromatic heterocycles. The van der Waals surface area contributed by atoms with Crippen molar-refractivity contribution < 1.29 is 13.6 Å². The van der Waals surface area contributed by atoms with Gasteiger partial charge in [-0.15, -0.1) is 0 Å². The normalized spacial score (nSPS) is 13.2. The van der Waals surface area contributed by atoms with E-state index in [1.54, 1.807) is 0 Å². The van der Waals surface area contributed by atoms with Crippen LogP contribution in [0.2, 0.25) is 0 Å². The number of halogens is 1. The van der Waals surface area contributed by atoms with Gasteiger partial charge in [0, 0.05) is 30.9 Å². The molecule has 4 rings (SSSR count). The van der Waals surface area contributed by atoms with E-state index in [0.717, 1.165) is 32.4 Å². The van der Waals surface area contributed by atoms with Gasteiger partial charge in [-0.05, 0) is 55.2 Å². The molecule has 0 saturated heterocycles. The number of hydrogen-bond acceptors (Lipinski definition) is 4. The van der Waals surface area contributed by atoms with E-state index in [9.17, 15) is 14.0 Å². The largest absolute Gasteiger partial charge is 0.419 e. The van der Waals surface area contributed by atoms with E-state index in [4.69, 9.17) is 4.42 Å². The summed E-state index contributed by atoms with van der Waals surface area (Å²) >= 11 is 0. The third kappa shape index (κ3) is 4.62. The first-order chi connectivity index (χ1) is 14.6. The molecule has 1 amide bonds. The van der Waals surface area contributed by atoms with E-state index < -0.39 is 5.76 Å². The molecular formula is C23H24FN3O3. The molecule has 0 unspecified atom stereocenters. The van der Waals surface area contributed by atoms with Gasteiger partial charge in [0.1, 0.15) is 12.4 Å². The van der Waals surface area contributed by atoms with Crippen molar-refractivity contribution in [3.8, 4) is 11.3 Å². The Balaban J connectivity index is 1.27. The van der Waals surface area contributed by atoms with Crippen LogP contribution >= 0.6 is 0 Å². The molecule has 0 bridgehead atoms. The second-order valence-corrected chi connectivity index (χ2v) is 7.42. The van der Waals surface area contributed by atoms with Gasteiger partial charge in [-0.2, -0.15) is 0 Å². The lowest BCUT2D eigenvalue weighted by molar-refractivity contribution is -0.121. The molecule has 0 atom stereocenters. The number of benzene rings is 2. The third-order valence-corrected chi connectivity index (χ3v) is 5.28. The zero-order valence-corrected chi connectivity index (χ0v) is 16.6. The van der Waals surface area contributed by atoms with E-state index in [1.165, 1.54) is 46.3 Å². The lowest BCUT2D eigenvalue weighted by atomic mass is 10.0. The van der Waals surface area contributed by atoms with Crippen molar-refractivity contribution >= 4 is 11.6 Å². The minimum atomic E-state index is -0.616. The number of para-hydroxylation sites is 1. The zero-order chi connectivity index (χ0) is 20.9. The Hall–Kier alpha value is -3.35. The summed E-state index contributed by atoms with van der Waals surface area (Å²) in [6.07, 6.45) is 4.55. The molecule has 3 aromatic rings. The van der Waals surface area contributed by atoms with Crippen LogP contribution in [0, 0.1) is 5.82 Å². The number of nitrogens with one attached hydrogen (secondary N) is 1. The molecule has 0 saturated carbocycles. The summed E-state index contributed by atoms with van der Waals surface area (Å²) in [7, 11) is 0. The van der Waals surface area contributed by atoms with Gasteiger partial charge >= 0.3 is 5.76 Å². The number of nitrogens with zero attached hydrogens (tertiary/aromatic N) is 2. The van der Waals surface area contributed by atoms with Gasteiger partial charge in [0.15, 0.2) is 5.76 Å². The van der Waals surface area contributed by atoms with Crippen molar-refractivity contribution in [1.29, 1.82) is 0 Å². The average molecular weight is 409 g/mol. The topological polar surface area (TPSA) is 67.5 Å². The molecule has 2 aromatic carbocycles. The maximum absolute atomic E-state index is 13.0. The molecule has 0 radical (unpaired) electrons. The lowest BCUT2D eigenvalue weighted by Gasteiger charge is -2.31. The van der Waals surface area contributed by atoms with Crippen LogP contribution < -0.4 is 16.0 Å². The number of carbonyl (C=O) groups is 1. The highest BCUT2D eigenvalue weighted by Crippen LogP contribution is 2.26. The summed E-state index contributed by atoms with van der Waals surface area (Å²) in [4.78, 5) is 26.6. The standard InChI is InChI=1S/C23H24FN3O3/c24-19-10-8-18(9-11-19)21-15-27(23(29)30-21)16-22(28)25-12-4-14-26-13-3-6-17-5-1-2-7-20(17)26/h1-2,5,7-11,15H,3-4,6,12-14,16H2,(H,25,28).